The minimum absolute atomic E-state index is 0.169. The molecule has 1 unspecified atom stereocenters. The number of nitrogens with one attached hydrogen (secondary N) is 1. The Morgan fingerprint density at radius 1 is 1.46 bits per heavy atom. The number of hydrogen-bond donors (Lipinski definition) is 2. The molecule has 1 aromatic rings. The molecule has 1 rings (SSSR count). The second kappa shape index (κ2) is 4.67. The lowest BCUT2D eigenvalue weighted by Crippen LogP contribution is -2.20. The molecule has 2 N–H and O–H groups in total. The Bertz CT molecular complexity index is 269. The van der Waals surface area contributed by atoms with Crippen molar-refractivity contribution < 1.29 is 5.11 Å². The molecule has 2 heteroatoms. The van der Waals surface area contributed by atoms with E-state index in [1.54, 1.807) is 0 Å². The van der Waals surface area contributed by atoms with Gasteiger partial charge in [-0.2, -0.15) is 0 Å². The molecule has 0 heterocycles. The predicted octanol–water partition coefficient (Wildman–Crippen LogP) is 2.41. The molecule has 1 aromatic carbocycles. The summed E-state index contributed by atoms with van der Waals surface area (Å²) in [5, 5.41) is 12.0. The Morgan fingerprint density at radius 2 is 2.08 bits per heavy atom. The molecule has 0 amide bonds. The molecule has 0 aliphatic carbocycles. The first-order chi connectivity index (χ1) is 6.20. The largest absolute Gasteiger partial charge is 0.512 e. The topological polar surface area (TPSA) is 32.3 Å². The SMILES string of the molecule is C=C(O)CNC(C)c1ccccc1. The first kappa shape index (κ1) is 9.81. The van der Waals surface area contributed by atoms with Crippen molar-refractivity contribution >= 4 is 0 Å². The van der Waals surface area contributed by atoms with Crippen LogP contribution in [0, 0.1) is 0 Å². The van der Waals surface area contributed by atoms with Crippen LogP contribution in [-0.4, -0.2) is 11.7 Å². The van der Waals surface area contributed by atoms with Crippen molar-refractivity contribution in [2.75, 3.05) is 6.54 Å². The number of rotatable bonds is 4. The number of benzene rings is 1. The molecule has 2 nitrogen and oxygen atoms in total. The quantitative estimate of drug-likeness (QED) is 0.692. The molecule has 0 aliphatic rings. The van der Waals surface area contributed by atoms with Crippen molar-refractivity contribution in [3.8, 4) is 0 Å². The monoisotopic (exact) mass is 177 g/mol. The summed E-state index contributed by atoms with van der Waals surface area (Å²) in [7, 11) is 0. The third-order valence-electron chi connectivity index (χ3n) is 1.91. The summed E-state index contributed by atoms with van der Waals surface area (Å²) in [6.45, 7) is 5.91. The molecular formula is C11H15NO. The van der Waals surface area contributed by atoms with E-state index >= 15 is 0 Å². The average Bonchev–Trinajstić information content (AvgIpc) is 2.15. The van der Waals surface area contributed by atoms with Crippen LogP contribution in [0.25, 0.3) is 0 Å². The fraction of sp³-hybridized carbons (Fsp3) is 0.273. The lowest BCUT2D eigenvalue weighted by Gasteiger charge is -2.13. The summed E-state index contributed by atoms with van der Waals surface area (Å²) in [5.41, 5.74) is 1.21. The standard InChI is InChI=1S/C11H15NO/c1-9(13)8-12-10(2)11-6-4-3-5-7-11/h3-7,10,12-13H,1,8H2,2H3. The molecule has 1 atom stereocenters. The Morgan fingerprint density at radius 3 is 2.62 bits per heavy atom. The van der Waals surface area contributed by atoms with Gasteiger partial charge in [0, 0.05) is 6.04 Å². The molecule has 0 radical (unpaired) electrons. The fourth-order valence-corrected chi connectivity index (χ4v) is 1.13. The van der Waals surface area contributed by atoms with E-state index in [1.807, 2.05) is 18.2 Å². The molecule has 0 saturated carbocycles. The minimum atomic E-state index is 0.169. The first-order valence-electron chi connectivity index (χ1n) is 4.35. The molecule has 70 valence electrons. The van der Waals surface area contributed by atoms with Crippen LogP contribution in [-0.2, 0) is 0 Å². The summed E-state index contributed by atoms with van der Waals surface area (Å²) in [4.78, 5) is 0. The molecule has 0 spiro atoms. The van der Waals surface area contributed by atoms with E-state index in [1.165, 1.54) is 5.56 Å². The Labute approximate surface area is 78.9 Å². The zero-order valence-electron chi connectivity index (χ0n) is 7.83. The zero-order valence-corrected chi connectivity index (χ0v) is 7.83. The summed E-state index contributed by atoms with van der Waals surface area (Å²) in [5.74, 6) is 0.169. The van der Waals surface area contributed by atoms with Crippen molar-refractivity contribution in [1.29, 1.82) is 0 Å². The van der Waals surface area contributed by atoms with Crippen LogP contribution in [0.5, 0.6) is 0 Å². The highest BCUT2D eigenvalue weighted by Crippen LogP contribution is 2.10. The van der Waals surface area contributed by atoms with Gasteiger partial charge < -0.3 is 10.4 Å². The van der Waals surface area contributed by atoms with Crippen LogP contribution in [0.3, 0.4) is 0 Å². The summed E-state index contributed by atoms with van der Waals surface area (Å²) in [6.07, 6.45) is 0. The predicted molar refractivity (Wildman–Crippen MR) is 54.6 cm³/mol. The lowest BCUT2D eigenvalue weighted by atomic mass is 10.1. The maximum absolute atomic E-state index is 8.89. The van der Waals surface area contributed by atoms with Crippen LogP contribution >= 0.6 is 0 Å². The summed E-state index contributed by atoms with van der Waals surface area (Å²) in [6, 6.07) is 10.3. The van der Waals surface area contributed by atoms with Gasteiger partial charge in [0.1, 0.15) is 0 Å². The van der Waals surface area contributed by atoms with E-state index < -0.39 is 0 Å². The molecule has 0 fully saturated rings. The lowest BCUT2D eigenvalue weighted by molar-refractivity contribution is 0.383. The van der Waals surface area contributed by atoms with E-state index in [9.17, 15) is 0 Å². The summed E-state index contributed by atoms with van der Waals surface area (Å²) < 4.78 is 0. The summed E-state index contributed by atoms with van der Waals surface area (Å²) >= 11 is 0. The van der Waals surface area contributed by atoms with Gasteiger partial charge >= 0.3 is 0 Å². The first-order valence-corrected chi connectivity index (χ1v) is 4.35. The third-order valence-corrected chi connectivity index (χ3v) is 1.91. The van der Waals surface area contributed by atoms with Gasteiger partial charge in [-0.1, -0.05) is 36.9 Å². The van der Waals surface area contributed by atoms with Crippen molar-refractivity contribution in [2.45, 2.75) is 13.0 Å². The van der Waals surface area contributed by atoms with Crippen molar-refractivity contribution in [3.05, 3.63) is 48.2 Å². The van der Waals surface area contributed by atoms with Gasteiger partial charge in [-0.05, 0) is 12.5 Å². The third kappa shape index (κ3) is 3.30. The van der Waals surface area contributed by atoms with Crippen molar-refractivity contribution in [2.24, 2.45) is 0 Å². The highest BCUT2D eigenvalue weighted by molar-refractivity contribution is 5.18. The van der Waals surface area contributed by atoms with Crippen molar-refractivity contribution in [3.63, 3.8) is 0 Å². The highest BCUT2D eigenvalue weighted by atomic mass is 16.3. The maximum atomic E-state index is 8.89. The van der Waals surface area contributed by atoms with Gasteiger partial charge in [0.25, 0.3) is 0 Å². The van der Waals surface area contributed by atoms with Crippen LogP contribution < -0.4 is 5.32 Å². The normalized spacial score (nSPS) is 12.4. The highest BCUT2D eigenvalue weighted by Gasteiger charge is 2.02. The van der Waals surface area contributed by atoms with Gasteiger partial charge in [0.2, 0.25) is 0 Å². The van der Waals surface area contributed by atoms with E-state index in [4.69, 9.17) is 5.11 Å². The minimum Gasteiger partial charge on any atom is -0.512 e. The van der Waals surface area contributed by atoms with Crippen molar-refractivity contribution in [1.82, 2.24) is 5.32 Å². The number of aliphatic hydroxyl groups excluding tert-OH is 1. The van der Waals surface area contributed by atoms with E-state index in [0.717, 1.165) is 0 Å². The van der Waals surface area contributed by atoms with E-state index in [-0.39, 0.29) is 11.8 Å². The van der Waals surface area contributed by atoms with Crippen LogP contribution in [0.1, 0.15) is 18.5 Å². The molecular weight excluding hydrogens is 162 g/mol. The zero-order chi connectivity index (χ0) is 9.68. The van der Waals surface area contributed by atoms with Crippen LogP contribution in [0.2, 0.25) is 0 Å². The Kier molecular flexibility index (Phi) is 3.53. The molecule has 13 heavy (non-hydrogen) atoms. The van der Waals surface area contributed by atoms with E-state index in [0.29, 0.717) is 6.54 Å². The smallest absolute Gasteiger partial charge is 0.0989 e. The van der Waals surface area contributed by atoms with Gasteiger partial charge in [0.05, 0.1) is 12.3 Å². The van der Waals surface area contributed by atoms with Crippen LogP contribution in [0.4, 0.5) is 0 Å². The van der Waals surface area contributed by atoms with E-state index in [2.05, 4.69) is 31.0 Å². The van der Waals surface area contributed by atoms with Crippen LogP contribution in [0.15, 0.2) is 42.7 Å². The maximum Gasteiger partial charge on any atom is 0.0989 e. The second-order valence-corrected chi connectivity index (χ2v) is 3.08. The van der Waals surface area contributed by atoms with Gasteiger partial charge in [-0.15, -0.1) is 0 Å². The number of aliphatic hydroxyl groups is 1. The Balaban J connectivity index is 2.49. The van der Waals surface area contributed by atoms with Gasteiger partial charge in [-0.3, -0.25) is 0 Å². The van der Waals surface area contributed by atoms with Gasteiger partial charge in [0.15, 0.2) is 0 Å². The fourth-order valence-electron chi connectivity index (χ4n) is 1.13. The Hall–Kier alpha value is -1.28. The van der Waals surface area contributed by atoms with Gasteiger partial charge in [-0.25, -0.2) is 0 Å². The molecule has 0 aromatic heterocycles. The molecule has 0 bridgehead atoms. The second-order valence-electron chi connectivity index (χ2n) is 3.08. The number of hydrogen-bond acceptors (Lipinski definition) is 2. The molecule has 0 saturated heterocycles. The average molecular weight is 177 g/mol. The molecule has 0 aliphatic heterocycles.